The molecule has 0 spiro atoms. The molecule has 2 aromatic rings. The van der Waals surface area contributed by atoms with Crippen molar-refractivity contribution in [1.82, 2.24) is 9.97 Å². The third-order valence-electron chi connectivity index (χ3n) is 2.30. The van der Waals surface area contributed by atoms with Crippen molar-refractivity contribution in [2.24, 2.45) is 10.9 Å². The smallest absolute Gasteiger partial charge is 0.237 e. The lowest BCUT2D eigenvalue weighted by Crippen LogP contribution is -2.15. The zero-order valence-corrected chi connectivity index (χ0v) is 10.8. The molecule has 1 aromatic carbocycles. The van der Waals surface area contributed by atoms with Crippen molar-refractivity contribution in [3.05, 3.63) is 46.9 Å². The molecule has 0 fully saturated rings. The van der Waals surface area contributed by atoms with Gasteiger partial charge in [0.15, 0.2) is 5.84 Å². The fourth-order valence-electron chi connectivity index (χ4n) is 1.35. The van der Waals surface area contributed by atoms with Crippen LogP contribution in [-0.2, 0) is 0 Å². The highest BCUT2D eigenvalue weighted by Crippen LogP contribution is 2.28. The summed E-state index contributed by atoms with van der Waals surface area (Å²) in [6, 6.07) is 5.41. The fourth-order valence-corrected chi connectivity index (χ4v) is 1.63. The molecule has 19 heavy (non-hydrogen) atoms. The van der Waals surface area contributed by atoms with Crippen molar-refractivity contribution in [3.63, 3.8) is 0 Å². The van der Waals surface area contributed by atoms with E-state index in [2.05, 4.69) is 15.1 Å². The van der Waals surface area contributed by atoms with Crippen molar-refractivity contribution >= 4 is 17.4 Å². The van der Waals surface area contributed by atoms with Crippen LogP contribution >= 0.6 is 11.6 Å². The molecule has 0 radical (unpaired) electrons. The molecule has 0 unspecified atom stereocenters. The van der Waals surface area contributed by atoms with Crippen LogP contribution in [0, 0.1) is 6.92 Å². The van der Waals surface area contributed by atoms with Crippen LogP contribution in [0.5, 0.6) is 11.6 Å². The number of nitrogens with zero attached hydrogens (tertiary/aromatic N) is 3. The van der Waals surface area contributed by atoms with Crippen molar-refractivity contribution in [3.8, 4) is 11.6 Å². The molecule has 0 atom stereocenters. The summed E-state index contributed by atoms with van der Waals surface area (Å²) in [7, 11) is 0. The summed E-state index contributed by atoms with van der Waals surface area (Å²) in [4.78, 5) is 7.94. The van der Waals surface area contributed by atoms with Crippen LogP contribution in [0.25, 0.3) is 0 Å². The van der Waals surface area contributed by atoms with Gasteiger partial charge in [0.1, 0.15) is 11.4 Å². The lowest BCUT2D eigenvalue weighted by Gasteiger charge is -2.07. The van der Waals surface area contributed by atoms with Crippen molar-refractivity contribution < 1.29 is 9.94 Å². The largest absolute Gasteiger partial charge is 0.436 e. The average Bonchev–Trinajstić information content (AvgIpc) is 2.42. The quantitative estimate of drug-likeness (QED) is 0.389. The summed E-state index contributed by atoms with van der Waals surface area (Å²) < 4.78 is 5.48. The Kier molecular flexibility index (Phi) is 3.82. The number of oxime groups is 1. The molecule has 3 N–H and O–H groups in total. The zero-order chi connectivity index (χ0) is 13.8. The number of ether oxygens (including phenoxy) is 1. The third kappa shape index (κ3) is 3.11. The maximum atomic E-state index is 8.50. The molecular formula is C12H11ClN4O2. The maximum absolute atomic E-state index is 8.50. The summed E-state index contributed by atoms with van der Waals surface area (Å²) >= 11 is 6.04. The van der Waals surface area contributed by atoms with Crippen LogP contribution in [0.4, 0.5) is 0 Å². The Hall–Kier alpha value is -2.34. The molecule has 0 bridgehead atoms. The second-order valence-electron chi connectivity index (χ2n) is 3.76. The molecule has 6 nitrogen and oxygen atoms in total. The molecule has 0 saturated heterocycles. The van der Waals surface area contributed by atoms with E-state index in [1.54, 1.807) is 12.1 Å². The zero-order valence-electron chi connectivity index (χ0n) is 10.0. The van der Waals surface area contributed by atoms with E-state index in [9.17, 15) is 0 Å². The number of rotatable bonds is 3. The highest BCUT2D eigenvalue weighted by atomic mass is 35.5. The van der Waals surface area contributed by atoms with Crippen LogP contribution < -0.4 is 10.5 Å². The summed E-state index contributed by atoms with van der Waals surface area (Å²) in [6.45, 7) is 1.93. The molecule has 98 valence electrons. The number of nitrogens with two attached hydrogens (primary N) is 1. The van der Waals surface area contributed by atoms with E-state index in [-0.39, 0.29) is 17.4 Å². The van der Waals surface area contributed by atoms with Crippen molar-refractivity contribution in [1.29, 1.82) is 0 Å². The Bertz CT molecular complexity index is 614. The van der Waals surface area contributed by atoms with Crippen LogP contribution in [0.15, 0.2) is 35.7 Å². The summed E-state index contributed by atoms with van der Waals surface area (Å²) in [5.74, 6) is 0.630. The molecular weight excluding hydrogens is 268 g/mol. The van der Waals surface area contributed by atoms with Crippen LogP contribution in [0.1, 0.15) is 11.3 Å². The average molecular weight is 279 g/mol. The normalized spacial score (nSPS) is 11.4. The molecule has 0 aliphatic rings. The number of benzene rings is 1. The SMILES string of the molecule is Cc1ccc(Oc2cnc(C(N)=NO)cn2)c(Cl)c1. The number of halogens is 1. The predicted molar refractivity (Wildman–Crippen MR) is 70.8 cm³/mol. The second-order valence-corrected chi connectivity index (χ2v) is 4.17. The van der Waals surface area contributed by atoms with Gasteiger partial charge in [-0.1, -0.05) is 22.8 Å². The minimum atomic E-state index is -0.118. The Labute approximate surface area is 114 Å². The standard InChI is InChI=1S/C12H11ClN4O2/c1-7-2-3-10(8(13)4-7)19-11-6-15-9(5-16-11)12(14)17-18/h2-6,18H,1H3,(H2,14,17). The Morgan fingerprint density at radius 3 is 2.74 bits per heavy atom. The van der Waals surface area contributed by atoms with Crippen LogP contribution in [0.2, 0.25) is 5.02 Å². The third-order valence-corrected chi connectivity index (χ3v) is 2.60. The first kappa shape index (κ1) is 13.1. The van der Waals surface area contributed by atoms with E-state index in [0.29, 0.717) is 10.8 Å². The van der Waals surface area contributed by atoms with Gasteiger partial charge in [0.2, 0.25) is 5.88 Å². The minimum Gasteiger partial charge on any atom is -0.436 e. The van der Waals surface area contributed by atoms with E-state index in [0.717, 1.165) is 5.56 Å². The van der Waals surface area contributed by atoms with Crippen molar-refractivity contribution in [2.45, 2.75) is 6.92 Å². The number of aryl methyl sites for hydroxylation is 1. The molecule has 2 rings (SSSR count). The van der Waals surface area contributed by atoms with Gasteiger partial charge in [-0.15, -0.1) is 0 Å². The second kappa shape index (κ2) is 5.53. The van der Waals surface area contributed by atoms with Gasteiger partial charge in [-0.2, -0.15) is 0 Å². The van der Waals surface area contributed by atoms with Gasteiger partial charge in [0.25, 0.3) is 0 Å². The fraction of sp³-hybridized carbons (Fsp3) is 0.0833. The Morgan fingerprint density at radius 1 is 1.37 bits per heavy atom. The highest BCUT2D eigenvalue weighted by Gasteiger charge is 2.06. The summed E-state index contributed by atoms with van der Waals surface area (Å²) in [5.41, 5.74) is 6.66. The molecule has 0 amide bonds. The van der Waals surface area contributed by atoms with Gasteiger partial charge >= 0.3 is 0 Å². The molecule has 0 saturated carbocycles. The Morgan fingerprint density at radius 2 is 2.16 bits per heavy atom. The van der Waals surface area contributed by atoms with Gasteiger partial charge in [-0.25, -0.2) is 9.97 Å². The molecule has 7 heteroatoms. The monoisotopic (exact) mass is 278 g/mol. The molecule has 1 aromatic heterocycles. The van der Waals surface area contributed by atoms with Gasteiger partial charge in [-0.3, -0.25) is 0 Å². The first-order valence-corrected chi connectivity index (χ1v) is 5.72. The topological polar surface area (TPSA) is 93.6 Å². The lowest BCUT2D eigenvalue weighted by molar-refractivity contribution is 0.318. The van der Waals surface area contributed by atoms with Crippen LogP contribution in [0.3, 0.4) is 0 Å². The first-order valence-electron chi connectivity index (χ1n) is 5.34. The summed E-state index contributed by atoms with van der Waals surface area (Å²) in [6.07, 6.45) is 2.70. The highest BCUT2D eigenvalue weighted by molar-refractivity contribution is 6.32. The van der Waals surface area contributed by atoms with E-state index >= 15 is 0 Å². The molecule has 0 aliphatic heterocycles. The van der Waals surface area contributed by atoms with E-state index < -0.39 is 0 Å². The van der Waals surface area contributed by atoms with Gasteiger partial charge in [-0.05, 0) is 24.6 Å². The van der Waals surface area contributed by atoms with Crippen LogP contribution in [-0.4, -0.2) is 21.0 Å². The number of amidine groups is 1. The Balaban J connectivity index is 2.20. The van der Waals surface area contributed by atoms with Gasteiger partial charge in [0.05, 0.1) is 17.4 Å². The van der Waals surface area contributed by atoms with Crippen molar-refractivity contribution in [2.75, 3.05) is 0 Å². The molecule has 0 aliphatic carbocycles. The van der Waals surface area contributed by atoms with Gasteiger partial charge < -0.3 is 15.7 Å². The predicted octanol–water partition coefficient (Wildman–Crippen LogP) is 2.33. The minimum absolute atomic E-state index is 0.118. The molecule has 1 heterocycles. The van der Waals surface area contributed by atoms with E-state index in [1.807, 2.05) is 13.0 Å². The number of hydrogen-bond donors (Lipinski definition) is 2. The number of hydrogen-bond acceptors (Lipinski definition) is 5. The lowest BCUT2D eigenvalue weighted by atomic mass is 10.2. The summed E-state index contributed by atoms with van der Waals surface area (Å²) in [5, 5.41) is 11.8. The van der Waals surface area contributed by atoms with E-state index in [4.69, 9.17) is 27.3 Å². The maximum Gasteiger partial charge on any atom is 0.237 e. The van der Waals surface area contributed by atoms with E-state index in [1.165, 1.54) is 12.4 Å². The number of aromatic nitrogens is 2. The first-order chi connectivity index (χ1) is 9.10. The van der Waals surface area contributed by atoms with Gasteiger partial charge in [0, 0.05) is 0 Å².